The smallest absolute Gasteiger partial charge is 0.248 e. The Bertz CT molecular complexity index is 768. The van der Waals surface area contributed by atoms with Crippen molar-refractivity contribution in [2.24, 2.45) is 5.92 Å². The Labute approximate surface area is 171 Å². The van der Waals surface area contributed by atoms with E-state index in [1.54, 1.807) is 30.4 Å². The second-order valence-corrected chi connectivity index (χ2v) is 7.46. The fraction of sp³-hybridized carbons (Fsp3) is 0.500. The third kappa shape index (κ3) is 5.88. The summed E-state index contributed by atoms with van der Waals surface area (Å²) in [5.74, 6) is 0.894. The average Bonchev–Trinajstić information content (AvgIpc) is 3.35. The molecule has 7 heteroatoms. The molecule has 29 heavy (non-hydrogen) atoms. The highest BCUT2D eigenvalue weighted by Crippen LogP contribution is 2.34. The Kier molecular flexibility index (Phi) is 7.80. The molecule has 1 aromatic heterocycles. The maximum atomic E-state index is 13.9. The molecule has 0 spiro atoms. The van der Waals surface area contributed by atoms with Crippen LogP contribution in [0.4, 0.5) is 4.39 Å². The number of methoxy groups -OCH3 is 2. The molecule has 0 radical (unpaired) electrons. The molecular weight excluding hydrogens is 375 g/mol. The maximum Gasteiger partial charge on any atom is 0.248 e. The van der Waals surface area contributed by atoms with Gasteiger partial charge in [0, 0.05) is 46.3 Å². The Balaban J connectivity index is 1.77. The normalized spacial score (nSPS) is 19.6. The molecule has 1 fully saturated rings. The van der Waals surface area contributed by atoms with Gasteiger partial charge in [0.25, 0.3) is 0 Å². The van der Waals surface area contributed by atoms with Crippen LogP contribution in [0, 0.1) is 11.7 Å². The van der Waals surface area contributed by atoms with Crippen LogP contribution in [0.2, 0.25) is 0 Å². The summed E-state index contributed by atoms with van der Waals surface area (Å²) < 4.78 is 29.6. The van der Waals surface area contributed by atoms with Crippen LogP contribution in [0.15, 0.2) is 47.1 Å². The zero-order chi connectivity index (χ0) is 20.6. The number of amides is 1. The lowest BCUT2D eigenvalue weighted by Gasteiger charge is -2.28. The first-order valence-electron chi connectivity index (χ1n) is 9.86. The van der Waals surface area contributed by atoms with Gasteiger partial charge in [-0.3, -0.25) is 9.69 Å². The summed E-state index contributed by atoms with van der Waals surface area (Å²) in [5.41, 5.74) is 0.961. The van der Waals surface area contributed by atoms with Gasteiger partial charge in [-0.15, -0.1) is 0 Å². The highest BCUT2D eigenvalue weighted by atomic mass is 19.1. The summed E-state index contributed by atoms with van der Waals surface area (Å²) in [6, 6.07) is 10.6. The van der Waals surface area contributed by atoms with Crippen molar-refractivity contribution in [2.75, 3.05) is 53.6 Å². The number of halogens is 1. The van der Waals surface area contributed by atoms with Crippen LogP contribution in [-0.2, 0) is 20.8 Å². The van der Waals surface area contributed by atoms with Crippen molar-refractivity contribution >= 4 is 5.91 Å². The number of furan rings is 1. The van der Waals surface area contributed by atoms with Crippen molar-refractivity contribution in [1.29, 1.82) is 0 Å². The maximum absolute atomic E-state index is 13.9. The standard InChI is InChI=1S/C22H29FN2O4/c1-27-10-8-25(22(26)16-28-2)13-18-12-24(14-20-7-4-9-29-20)15-21(18)17-5-3-6-19(23)11-17/h3-7,9,11,18,21H,8,10,12-16H2,1-2H3/t18-,21-/m1/s1. The molecule has 1 aromatic carbocycles. The number of hydrogen-bond acceptors (Lipinski definition) is 5. The number of carbonyl (C=O) groups excluding carboxylic acids is 1. The summed E-state index contributed by atoms with van der Waals surface area (Å²) in [5, 5.41) is 0. The molecule has 1 aliphatic rings. The molecule has 0 unspecified atom stereocenters. The number of benzene rings is 1. The van der Waals surface area contributed by atoms with Crippen LogP contribution in [-0.4, -0.2) is 69.3 Å². The highest BCUT2D eigenvalue weighted by Gasteiger charge is 2.36. The molecule has 1 saturated heterocycles. The summed E-state index contributed by atoms with van der Waals surface area (Å²) in [7, 11) is 3.14. The molecule has 6 nitrogen and oxygen atoms in total. The summed E-state index contributed by atoms with van der Waals surface area (Å²) >= 11 is 0. The molecule has 0 N–H and O–H groups in total. The van der Waals surface area contributed by atoms with Crippen molar-refractivity contribution in [3.05, 3.63) is 59.8 Å². The van der Waals surface area contributed by atoms with E-state index >= 15 is 0 Å². The summed E-state index contributed by atoms with van der Waals surface area (Å²) in [4.78, 5) is 16.6. The predicted octanol–water partition coefficient (Wildman–Crippen LogP) is 2.76. The molecule has 0 aliphatic carbocycles. The molecule has 2 heterocycles. The molecule has 2 atom stereocenters. The second-order valence-electron chi connectivity index (χ2n) is 7.46. The first-order chi connectivity index (χ1) is 14.1. The van der Waals surface area contributed by atoms with Crippen LogP contribution >= 0.6 is 0 Å². The monoisotopic (exact) mass is 404 g/mol. The first-order valence-corrected chi connectivity index (χ1v) is 9.86. The zero-order valence-electron chi connectivity index (χ0n) is 17.1. The lowest BCUT2D eigenvalue weighted by molar-refractivity contribution is -0.136. The predicted molar refractivity (Wildman–Crippen MR) is 107 cm³/mol. The minimum absolute atomic E-state index is 0.0389. The van der Waals surface area contributed by atoms with E-state index < -0.39 is 0 Å². The lowest BCUT2D eigenvalue weighted by Crippen LogP contribution is -2.41. The van der Waals surface area contributed by atoms with Crippen molar-refractivity contribution in [3.8, 4) is 0 Å². The van der Waals surface area contributed by atoms with E-state index in [9.17, 15) is 9.18 Å². The third-order valence-electron chi connectivity index (χ3n) is 5.39. The third-order valence-corrected chi connectivity index (χ3v) is 5.39. The minimum Gasteiger partial charge on any atom is -0.468 e. The van der Waals surface area contributed by atoms with Gasteiger partial charge in [-0.25, -0.2) is 4.39 Å². The van der Waals surface area contributed by atoms with Crippen LogP contribution in [0.3, 0.4) is 0 Å². The van der Waals surface area contributed by atoms with E-state index in [1.807, 2.05) is 18.2 Å². The van der Waals surface area contributed by atoms with E-state index in [0.717, 1.165) is 24.4 Å². The SMILES string of the molecule is COCCN(C[C@H]1CN(Cc2ccco2)C[C@@H]1c1cccc(F)c1)C(=O)COC. The number of likely N-dealkylation sites (tertiary alicyclic amines) is 1. The number of rotatable bonds is 10. The van der Waals surface area contributed by atoms with E-state index in [4.69, 9.17) is 13.9 Å². The lowest BCUT2D eigenvalue weighted by atomic mass is 9.88. The van der Waals surface area contributed by atoms with Gasteiger partial charge in [0.15, 0.2) is 0 Å². The molecule has 2 aromatic rings. The van der Waals surface area contributed by atoms with Gasteiger partial charge in [0.1, 0.15) is 18.2 Å². The molecule has 0 bridgehead atoms. The van der Waals surface area contributed by atoms with E-state index in [1.165, 1.54) is 13.2 Å². The summed E-state index contributed by atoms with van der Waals surface area (Å²) in [6.07, 6.45) is 1.67. The number of nitrogens with zero attached hydrogens (tertiary/aromatic N) is 2. The fourth-order valence-corrected chi connectivity index (χ4v) is 4.03. The van der Waals surface area contributed by atoms with Crippen LogP contribution in [0.1, 0.15) is 17.2 Å². The molecule has 158 valence electrons. The van der Waals surface area contributed by atoms with Crippen LogP contribution in [0.5, 0.6) is 0 Å². The van der Waals surface area contributed by atoms with Crippen LogP contribution in [0.25, 0.3) is 0 Å². The quantitative estimate of drug-likeness (QED) is 0.610. The number of hydrogen-bond donors (Lipinski definition) is 0. The number of ether oxygens (including phenoxy) is 2. The second kappa shape index (κ2) is 10.5. The van der Waals surface area contributed by atoms with Gasteiger partial charge >= 0.3 is 0 Å². The molecule has 1 aliphatic heterocycles. The van der Waals surface area contributed by atoms with Crippen molar-refractivity contribution < 1.29 is 23.1 Å². The molecule has 3 rings (SSSR count). The van der Waals surface area contributed by atoms with Gasteiger partial charge in [-0.1, -0.05) is 12.1 Å². The Morgan fingerprint density at radius 3 is 2.79 bits per heavy atom. The van der Waals surface area contributed by atoms with Crippen LogP contribution < -0.4 is 0 Å². The molecule has 0 saturated carbocycles. The molecule has 1 amide bonds. The van der Waals surface area contributed by atoms with Crippen molar-refractivity contribution in [3.63, 3.8) is 0 Å². The van der Waals surface area contributed by atoms with E-state index in [2.05, 4.69) is 4.90 Å². The minimum atomic E-state index is -0.238. The summed E-state index contributed by atoms with van der Waals surface area (Å²) in [6.45, 7) is 3.85. The van der Waals surface area contributed by atoms with Gasteiger partial charge in [-0.05, 0) is 35.7 Å². The number of carbonyl (C=O) groups is 1. The topological polar surface area (TPSA) is 55.2 Å². The zero-order valence-corrected chi connectivity index (χ0v) is 17.1. The average molecular weight is 404 g/mol. The van der Waals surface area contributed by atoms with Crippen molar-refractivity contribution in [2.45, 2.75) is 12.5 Å². The Morgan fingerprint density at radius 1 is 1.24 bits per heavy atom. The van der Waals surface area contributed by atoms with E-state index in [0.29, 0.717) is 26.2 Å². The highest BCUT2D eigenvalue weighted by molar-refractivity contribution is 5.77. The largest absolute Gasteiger partial charge is 0.468 e. The van der Waals surface area contributed by atoms with E-state index in [-0.39, 0.29) is 30.2 Å². The van der Waals surface area contributed by atoms with Crippen molar-refractivity contribution in [1.82, 2.24) is 9.80 Å². The van der Waals surface area contributed by atoms with Gasteiger partial charge < -0.3 is 18.8 Å². The first kappa shape index (κ1) is 21.5. The Hall–Kier alpha value is -2.22. The molecular formula is C22H29FN2O4. The van der Waals surface area contributed by atoms with Gasteiger partial charge in [0.05, 0.1) is 19.4 Å². The van der Waals surface area contributed by atoms with Gasteiger partial charge in [-0.2, -0.15) is 0 Å². The Morgan fingerprint density at radius 2 is 2.10 bits per heavy atom. The van der Waals surface area contributed by atoms with Gasteiger partial charge in [0.2, 0.25) is 5.91 Å². The fourth-order valence-electron chi connectivity index (χ4n) is 4.03.